The summed E-state index contributed by atoms with van der Waals surface area (Å²) in [5.74, 6) is -0.270. The molecule has 10 heteroatoms. The van der Waals surface area contributed by atoms with Crippen LogP contribution in [0, 0.1) is 0 Å². The van der Waals surface area contributed by atoms with Crippen LogP contribution >= 0.6 is 23.1 Å². The molecule has 37 heavy (non-hydrogen) atoms. The second-order valence-electron chi connectivity index (χ2n) is 8.32. The second kappa shape index (κ2) is 10.4. The van der Waals surface area contributed by atoms with Crippen LogP contribution in [0.3, 0.4) is 0 Å². The maximum absolute atomic E-state index is 13.3. The first kappa shape index (κ1) is 25.0. The number of hydrogen-bond donors (Lipinski definition) is 1. The third-order valence-electron chi connectivity index (χ3n) is 5.68. The number of thiazole rings is 1. The van der Waals surface area contributed by atoms with Crippen molar-refractivity contribution in [1.29, 1.82) is 0 Å². The van der Waals surface area contributed by atoms with E-state index in [-0.39, 0.29) is 11.4 Å². The zero-order valence-corrected chi connectivity index (χ0v) is 21.2. The van der Waals surface area contributed by atoms with Gasteiger partial charge in [0.25, 0.3) is 0 Å². The van der Waals surface area contributed by atoms with Crippen LogP contribution in [0.5, 0.6) is 0 Å². The lowest BCUT2D eigenvalue weighted by molar-refractivity contribution is -0.137. The molecule has 188 valence electrons. The molecule has 5 rings (SSSR count). The number of fused-ring (bicyclic) bond motifs is 1. The van der Waals surface area contributed by atoms with Crippen LogP contribution in [0.4, 0.5) is 18.3 Å². The van der Waals surface area contributed by atoms with Crippen molar-refractivity contribution in [2.24, 2.45) is 0 Å². The number of carbonyl (C=O) groups is 1. The van der Waals surface area contributed by atoms with Crippen molar-refractivity contribution in [1.82, 2.24) is 14.5 Å². The Morgan fingerprint density at radius 2 is 1.73 bits per heavy atom. The van der Waals surface area contributed by atoms with Gasteiger partial charge in [-0.05, 0) is 30.7 Å². The quantitative estimate of drug-likeness (QED) is 0.220. The number of amides is 1. The SMILES string of the molecule is CC(Sc1nc2cc(C(F)(F)F)ccc2n1Cc1ccccc1)C(=O)Nc1nc(-c2ccccc2)cs1. The first-order chi connectivity index (χ1) is 17.8. The Balaban J connectivity index is 1.39. The summed E-state index contributed by atoms with van der Waals surface area (Å²) in [6.07, 6.45) is -4.47. The smallest absolute Gasteiger partial charge is 0.314 e. The number of anilines is 1. The van der Waals surface area contributed by atoms with Crippen molar-refractivity contribution >= 4 is 45.2 Å². The highest BCUT2D eigenvalue weighted by molar-refractivity contribution is 8.00. The van der Waals surface area contributed by atoms with Gasteiger partial charge in [-0.1, -0.05) is 72.4 Å². The number of nitrogens with zero attached hydrogens (tertiary/aromatic N) is 3. The molecule has 0 spiro atoms. The molecule has 1 amide bonds. The van der Waals surface area contributed by atoms with E-state index in [1.165, 1.54) is 29.2 Å². The van der Waals surface area contributed by atoms with E-state index in [2.05, 4.69) is 15.3 Å². The molecule has 0 aliphatic heterocycles. The molecule has 1 N–H and O–H groups in total. The predicted octanol–water partition coefficient (Wildman–Crippen LogP) is 7.35. The van der Waals surface area contributed by atoms with E-state index in [0.717, 1.165) is 29.0 Å². The normalized spacial score (nSPS) is 12.5. The lowest BCUT2D eigenvalue weighted by atomic mass is 10.2. The van der Waals surface area contributed by atoms with Crippen LogP contribution in [-0.2, 0) is 17.5 Å². The van der Waals surface area contributed by atoms with Gasteiger partial charge in [-0.15, -0.1) is 11.3 Å². The Hall–Kier alpha value is -3.63. The molecule has 5 aromatic rings. The fourth-order valence-corrected chi connectivity index (χ4v) is 5.43. The molecule has 0 saturated carbocycles. The molecule has 5 nitrogen and oxygen atoms in total. The van der Waals surface area contributed by atoms with Crippen molar-refractivity contribution in [3.05, 3.63) is 95.4 Å². The molecule has 1 atom stereocenters. The average molecular weight is 539 g/mol. The lowest BCUT2D eigenvalue weighted by Gasteiger charge is -2.13. The highest BCUT2D eigenvalue weighted by atomic mass is 32.2. The van der Waals surface area contributed by atoms with Gasteiger partial charge in [-0.3, -0.25) is 4.79 Å². The lowest BCUT2D eigenvalue weighted by Crippen LogP contribution is -2.22. The Morgan fingerprint density at radius 3 is 2.43 bits per heavy atom. The minimum Gasteiger partial charge on any atom is -0.314 e. The Labute approximate surface area is 219 Å². The number of thioether (sulfide) groups is 1. The average Bonchev–Trinajstić information content (AvgIpc) is 3.49. The maximum atomic E-state index is 13.3. The summed E-state index contributed by atoms with van der Waals surface area (Å²) in [5, 5.41) is 5.09. The molecule has 0 fully saturated rings. The number of benzene rings is 3. The molecular weight excluding hydrogens is 517 g/mol. The van der Waals surface area contributed by atoms with Crippen molar-refractivity contribution in [3.8, 4) is 11.3 Å². The van der Waals surface area contributed by atoms with Gasteiger partial charge in [0.05, 0.1) is 34.1 Å². The summed E-state index contributed by atoms with van der Waals surface area (Å²) in [6, 6.07) is 22.8. The number of rotatable bonds is 7. The van der Waals surface area contributed by atoms with Gasteiger partial charge < -0.3 is 9.88 Å². The molecule has 0 bridgehead atoms. The number of hydrogen-bond acceptors (Lipinski definition) is 5. The second-order valence-corrected chi connectivity index (χ2v) is 10.5. The van der Waals surface area contributed by atoms with E-state index in [9.17, 15) is 18.0 Å². The van der Waals surface area contributed by atoms with Crippen molar-refractivity contribution < 1.29 is 18.0 Å². The summed E-state index contributed by atoms with van der Waals surface area (Å²) < 4.78 is 41.8. The molecule has 3 aromatic carbocycles. The standard InChI is InChI=1S/C27H21F3N4OS2/c1-17(24(35)33-25-31-22(16-36-25)19-10-6-3-7-11-19)37-26-32-21-14-20(27(28,29)30)12-13-23(21)34(26)15-18-8-4-2-5-9-18/h2-14,16-17H,15H2,1H3,(H,31,33,35). The highest BCUT2D eigenvalue weighted by Gasteiger charge is 2.31. The number of nitrogens with one attached hydrogen (secondary N) is 1. The van der Waals surface area contributed by atoms with E-state index >= 15 is 0 Å². The van der Waals surface area contributed by atoms with E-state index in [4.69, 9.17) is 0 Å². The predicted molar refractivity (Wildman–Crippen MR) is 142 cm³/mol. The maximum Gasteiger partial charge on any atom is 0.416 e. The molecular formula is C27H21F3N4OS2. The van der Waals surface area contributed by atoms with E-state index in [1.807, 2.05) is 70.6 Å². The third kappa shape index (κ3) is 5.70. The number of imidazole rings is 1. The van der Waals surface area contributed by atoms with Crippen LogP contribution in [-0.4, -0.2) is 25.7 Å². The number of alkyl halides is 3. The van der Waals surface area contributed by atoms with Crippen molar-refractivity contribution in [2.45, 2.75) is 30.1 Å². The van der Waals surface area contributed by atoms with Gasteiger partial charge in [-0.2, -0.15) is 13.2 Å². The zero-order chi connectivity index (χ0) is 26.0. The van der Waals surface area contributed by atoms with Crippen LogP contribution in [0.25, 0.3) is 22.3 Å². The zero-order valence-electron chi connectivity index (χ0n) is 19.6. The Kier molecular flexibility index (Phi) is 7.03. The fourth-order valence-electron chi connectivity index (χ4n) is 3.78. The molecule has 1 unspecified atom stereocenters. The summed E-state index contributed by atoms with van der Waals surface area (Å²) in [4.78, 5) is 22.0. The number of carbonyl (C=O) groups excluding carboxylic acids is 1. The molecule has 0 saturated heterocycles. The molecule has 2 heterocycles. The summed E-state index contributed by atoms with van der Waals surface area (Å²) in [7, 11) is 0. The van der Waals surface area contributed by atoms with Crippen molar-refractivity contribution in [3.63, 3.8) is 0 Å². The van der Waals surface area contributed by atoms with E-state index in [1.54, 1.807) is 6.92 Å². The topological polar surface area (TPSA) is 59.8 Å². The monoisotopic (exact) mass is 538 g/mol. The van der Waals surface area contributed by atoms with Crippen molar-refractivity contribution in [2.75, 3.05) is 5.32 Å². The fraction of sp³-hybridized carbons (Fsp3) is 0.148. The minimum atomic E-state index is -4.47. The van der Waals surface area contributed by atoms with Crippen LogP contribution in [0.2, 0.25) is 0 Å². The number of halogens is 3. The van der Waals surface area contributed by atoms with Gasteiger partial charge in [0, 0.05) is 10.9 Å². The molecule has 0 radical (unpaired) electrons. The summed E-state index contributed by atoms with van der Waals surface area (Å²) >= 11 is 2.52. The largest absolute Gasteiger partial charge is 0.416 e. The Morgan fingerprint density at radius 1 is 1.03 bits per heavy atom. The Bertz CT molecular complexity index is 1530. The first-order valence-electron chi connectivity index (χ1n) is 11.4. The van der Waals surface area contributed by atoms with Crippen LogP contribution in [0.15, 0.2) is 89.4 Å². The third-order valence-corrected chi connectivity index (χ3v) is 7.53. The van der Waals surface area contributed by atoms with Gasteiger partial charge in [-0.25, -0.2) is 9.97 Å². The van der Waals surface area contributed by atoms with E-state index < -0.39 is 17.0 Å². The van der Waals surface area contributed by atoms with Gasteiger partial charge in [0.2, 0.25) is 5.91 Å². The van der Waals surface area contributed by atoms with Gasteiger partial charge in [0.15, 0.2) is 10.3 Å². The van der Waals surface area contributed by atoms with Gasteiger partial charge >= 0.3 is 6.18 Å². The van der Waals surface area contributed by atoms with Crippen LogP contribution in [0.1, 0.15) is 18.1 Å². The minimum absolute atomic E-state index is 0.230. The first-order valence-corrected chi connectivity index (χ1v) is 13.1. The molecule has 0 aliphatic carbocycles. The summed E-state index contributed by atoms with van der Waals surface area (Å²) in [6.45, 7) is 2.14. The van der Waals surface area contributed by atoms with Gasteiger partial charge in [0.1, 0.15) is 0 Å². The molecule has 2 aromatic heterocycles. The molecule has 0 aliphatic rings. The van der Waals surface area contributed by atoms with Crippen LogP contribution < -0.4 is 5.32 Å². The highest BCUT2D eigenvalue weighted by Crippen LogP contribution is 2.34. The van der Waals surface area contributed by atoms with E-state index in [0.29, 0.717) is 22.3 Å². The number of aromatic nitrogens is 3. The summed E-state index contributed by atoms with van der Waals surface area (Å²) in [5.41, 5.74) is 2.73.